The van der Waals surface area contributed by atoms with Crippen LogP contribution in [0, 0.1) is 0 Å². The third kappa shape index (κ3) is 4.37. The van der Waals surface area contributed by atoms with E-state index in [2.05, 4.69) is 34.3 Å². The average molecular weight is 293 g/mol. The molecule has 108 valence electrons. The predicted molar refractivity (Wildman–Crippen MR) is 83.2 cm³/mol. The molecule has 0 unspecified atom stereocenters. The lowest BCUT2D eigenvalue weighted by Gasteiger charge is -2.11. The van der Waals surface area contributed by atoms with Crippen molar-refractivity contribution in [3.63, 3.8) is 0 Å². The first-order valence-corrected chi connectivity index (χ1v) is 7.26. The van der Waals surface area contributed by atoms with Crippen LogP contribution in [-0.2, 0) is 17.8 Å². The lowest BCUT2D eigenvalue weighted by atomic mass is 10.2. The molecular weight excluding hydrogens is 272 g/mol. The van der Waals surface area contributed by atoms with Crippen LogP contribution in [0.5, 0.6) is 0 Å². The molecule has 0 bridgehead atoms. The molecule has 1 aromatic heterocycles. The van der Waals surface area contributed by atoms with Crippen molar-refractivity contribution >= 4 is 11.6 Å². The Morgan fingerprint density at radius 2 is 2.05 bits per heavy atom. The zero-order chi connectivity index (χ0) is 14.2. The van der Waals surface area contributed by atoms with Crippen LogP contribution in [0.1, 0.15) is 17.7 Å². The minimum absolute atomic E-state index is 0.799. The summed E-state index contributed by atoms with van der Waals surface area (Å²) in [5, 5.41) is 4.25. The van der Waals surface area contributed by atoms with Gasteiger partial charge in [0.25, 0.3) is 0 Å². The summed E-state index contributed by atoms with van der Waals surface area (Å²) >= 11 is 6.21. The maximum Gasteiger partial charge on any atom is 0.0488 e. The number of ether oxygens (including phenoxy) is 1. The van der Waals surface area contributed by atoms with Crippen molar-refractivity contribution < 1.29 is 4.74 Å². The first kappa shape index (κ1) is 15.1. The first-order chi connectivity index (χ1) is 9.81. The molecule has 0 radical (unpaired) electrons. The summed E-state index contributed by atoms with van der Waals surface area (Å²) in [6, 6.07) is 12.2. The van der Waals surface area contributed by atoms with Crippen molar-refractivity contribution in [3.05, 3.63) is 58.9 Å². The number of aromatic nitrogens is 1. The van der Waals surface area contributed by atoms with Gasteiger partial charge in [-0.1, -0.05) is 29.8 Å². The van der Waals surface area contributed by atoms with Gasteiger partial charge in [-0.05, 0) is 36.7 Å². The van der Waals surface area contributed by atoms with E-state index in [1.54, 1.807) is 7.11 Å². The molecule has 0 aliphatic rings. The fourth-order valence-electron chi connectivity index (χ4n) is 2.13. The van der Waals surface area contributed by atoms with Gasteiger partial charge in [-0.3, -0.25) is 0 Å². The number of benzene rings is 1. The van der Waals surface area contributed by atoms with Crippen LogP contribution >= 0.6 is 11.6 Å². The maximum absolute atomic E-state index is 6.21. The van der Waals surface area contributed by atoms with Gasteiger partial charge in [0, 0.05) is 43.7 Å². The third-order valence-electron chi connectivity index (χ3n) is 3.23. The normalized spacial score (nSPS) is 10.9. The van der Waals surface area contributed by atoms with E-state index in [0.717, 1.165) is 43.2 Å². The van der Waals surface area contributed by atoms with Gasteiger partial charge in [0.1, 0.15) is 0 Å². The third-order valence-corrected chi connectivity index (χ3v) is 3.60. The van der Waals surface area contributed by atoms with Crippen LogP contribution in [0.4, 0.5) is 0 Å². The Morgan fingerprint density at radius 1 is 1.20 bits per heavy atom. The molecule has 1 aromatic carbocycles. The number of nitrogens with zero attached hydrogens (tertiary/aromatic N) is 1. The highest BCUT2D eigenvalue weighted by atomic mass is 35.5. The molecule has 0 saturated carbocycles. The molecule has 0 aliphatic carbocycles. The summed E-state index contributed by atoms with van der Waals surface area (Å²) in [5.41, 5.74) is 2.41. The van der Waals surface area contributed by atoms with E-state index in [9.17, 15) is 0 Å². The predicted octanol–water partition coefficient (Wildman–Crippen LogP) is 3.32. The standard InChI is InChI=1S/C16H21ClN2O/c1-20-11-5-9-18-12-15-7-4-10-19(15)13-14-6-2-3-8-16(14)17/h2-4,6-8,10,18H,5,9,11-13H2,1H3. The van der Waals surface area contributed by atoms with Crippen LogP contribution in [-0.4, -0.2) is 24.8 Å². The van der Waals surface area contributed by atoms with Crippen LogP contribution in [0.15, 0.2) is 42.6 Å². The molecule has 2 aromatic rings. The summed E-state index contributed by atoms with van der Waals surface area (Å²) < 4.78 is 7.26. The van der Waals surface area contributed by atoms with Crippen molar-refractivity contribution in [1.29, 1.82) is 0 Å². The van der Waals surface area contributed by atoms with Gasteiger partial charge in [0.2, 0.25) is 0 Å². The Kier molecular flexibility index (Phi) is 6.12. The van der Waals surface area contributed by atoms with Crippen molar-refractivity contribution in [2.45, 2.75) is 19.5 Å². The molecule has 2 rings (SSSR count). The van der Waals surface area contributed by atoms with Crippen LogP contribution in [0.3, 0.4) is 0 Å². The van der Waals surface area contributed by atoms with Crippen molar-refractivity contribution in [1.82, 2.24) is 9.88 Å². The average Bonchev–Trinajstić information content (AvgIpc) is 2.89. The summed E-state index contributed by atoms with van der Waals surface area (Å²) in [5.74, 6) is 0. The summed E-state index contributed by atoms with van der Waals surface area (Å²) in [4.78, 5) is 0. The van der Waals surface area contributed by atoms with E-state index in [-0.39, 0.29) is 0 Å². The highest BCUT2D eigenvalue weighted by Gasteiger charge is 2.04. The highest BCUT2D eigenvalue weighted by Crippen LogP contribution is 2.17. The molecule has 0 spiro atoms. The second-order valence-electron chi connectivity index (χ2n) is 4.74. The monoisotopic (exact) mass is 292 g/mol. The van der Waals surface area contributed by atoms with Crippen LogP contribution in [0.25, 0.3) is 0 Å². The van der Waals surface area contributed by atoms with Crippen LogP contribution < -0.4 is 5.32 Å². The molecule has 0 atom stereocenters. The minimum atomic E-state index is 0.799. The van der Waals surface area contributed by atoms with Gasteiger partial charge >= 0.3 is 0 Å². The zero-order valence-corrected chi connectivity index (χ0v) is 12.6. The van der Waals surface area contributed by atoms with E-state index in [4.69, 9.17) is 16.3 Å². The number of nitrogens with one attached hydrogen (secondary N) is 1. The molecule has 0 aliphatic heterocycles. The summed E-state index contributed by atoms with van der Waals surface area (Å²) in [6.07, 6.45) is 3.12. The largest absolute Gasteiger partial charge is 0.385 e. The first-order valence-electron chi connectivity index (χ1n) is 6.88. The topological polar surface area (TPSA) is 26.2 Å². The lowest BCUT2D eigenvalue weighted by Crippen LogP contribution is -2.18. The van der Waals surface area contributed by atoms with Gasteiger partial charge in [-0.15, -0.1) is 0 Å². The second kappa shape index (κ2) is 8.10. The summed E-state index contributed by atoms with van der Waals surface area (Å²) in [7, 11) is 1.73. The van der Waals surface area contributed by atoms with Gasteiger partial charge in [0.15, 0.2) is 0 Å². The Balaban J connectivity index is 1.90. The molecule has 1 N–H and O–H groups in total. The SMILES string of the molecule is COCCCNCc1cccn1Cc1ccccc1Cl. The Labute approximate surface area is 125 Å². The Morgan fingerprint density at radius 3 is 2.85 bits per heavy atom. The highest BCUT2D eigenvalue weighted by molar-refractivity contribution is 6.31. The molecule has 4 heteroatoms. The molecule has 20 heavy (non-hydrogen) atoms. The number of methoxy groups -OCH3 is 1. The maximum atomic E-state index is 6.21. The van der Waals surface area contributed by atoms with Gasteiger partial charge in [0.05, 0.1) is 0 Å². The fraction of sp³-hybridized carbons (Fsp3) is 0.375. The van der Waals surface area contributed by atoms with E-state index in [0.29, 0.717) is 0 Å². The Bertz CT molecular complexity index is 525. The van der Waals surface area contributed by atoms with Gasteiger partial charge in [-0.25, -0.2) is 0 Å². The number of rotatable bonds is 8. The zero-order valence-electron chi connectivity index (χ0n) is 11.8. The lowest BCUT2D eigenvalue weighted by molar-refractivity contribution is 0.194. The van der Waals surface area contributed by atoms with E-state index in [1.807, 2.05) is 18.2 Å². The van der Waals surface area contributed by atoms with Crippen molar-refractivity contribution in [3.8, 4) is 0 Å². The quantitative estimate of drug-likeness (QED) is 0.756. The van der Waals surface area contributed by atoms with Crippen molar-refractivity contribution in [2.24, 2.45) is 0 Å². The van der Waals surface area contributed by atoms with Crippen LogP contribution in [0.2, 0.25) is 5.02 Å². The smallest absolute Gasteiger partial charge is 0.0488 e. The van der Waals surface area contributed by atoms with Gasteiger partial charge < -0.3 is 14.6 Å². The van der Waals surface area contributed by atoms with Gasteiger partial charge in [-0.2, -0.15) is 0 Å². The van der Waals surface area contributed by atoms with E-state index < -0.39 is 0 Å². The van der Waals surface area contributed by atoms with E-state index >= 15 is 0 Å². The molecule has 0 fully saturated rings. The molecule has 0 amide bonds. The molecule has 0 saturated heterocycles. The Hall–Kier alpha value is -1.29. The molecular formula is C16H21ClN2O. The summed E-state index contributed by atoms with van der Waals surface area (Å²) in [6.45, 7) is 3.43. The van der Waals surface area contributed by atoms with Crippen molar-refractivity contribution in [2.75, 3.05) is 20.3 Å². The molecule has 3 nitrogen and oxygen atoms in total. The number of hydrogen-bond donors (Lipinski definition) is 1. The number of halogens is 1. The van der Waals surface area contributed by atoms with E-state index in [1.165, 1.54) is 5.69 Å². The molecule has 1 heterocycles. The second-order valence-corrected chi connectivity index (χ2v) is 5.15. The number of hydrogen-bond acceptors (Lipinski definition) is 2. The fourth-order valence-corrected chi connectivity index (χ4v) is 2.33. The minimum Gasteiger partial charge on any atom is -0.385 e.